The van der Waals surface area contributed by atoms with Gasteiger partial charge in [-0.15, -0.1) is 0 Å². The first-order chi connectivity index (χ1) is 16.8. The molecule has 0 spiro atoms. The van der Waals surface area contributed by atoms with Crippen molar-refractivity contribution in [1.29, 1.82) is 0 Å². The van der Waals surface area contributed by atoms with Gasteiger partial charge >= 0.3 is 0 Å². The summed E-state index contributed by atoms with van der Waals surface area (Å²) in [5.74, 6) is -0.561. The predicted octanol–water partition coefficient (Wildman–Crippen LogP) is 3.81. The van der Waals surface area contributed by atoms with Crippen LogP contribution in [-0.2, 0) is 6.54 Å². The molecule has 1 aliphatic rings. The molecule has 2 amide bonds. The van der Waals surface area contributed by atoms with Crippen LogP contribution in [0.1, 0.15) is 71.9 Å². The van der Waals surface area contributed by atoms with Crippen molar-refractivity contribution in [2.45, 2.75) is 52.1 Å². The Morgan fingerprint density at radius 1 is 1.14 bits per heavy atom. The lowest BCUT2D eigenvalue weighted by molar-refractivity contribution is 0.0776. The highest BCUT2D eigenvalue weighted by molar-refractivity contribution is 5.99. The van der Waals surface area contributed by atoms with Gasteiger partial charge in [0.15, 0.2) is 0 Å². The van der Waals surface area contributed by atoms with Gasteiger partial charge in [0.2, 0.25) is 5.43 Å². The molecule has 0 saturated heterocycles. The quantitative estimate of drug-likeness (QED) is 0.537. The number of rotatable bonds is 8. The van der Waals surface area contributed by atoms with Crippen molar-refractivity contribution in [2.75, 3.05) is 13.6 Å². The maximum atomic E-state index is 13.3. The lowest BCUT2D eigenvalue weighted by Gasteiger charge is -2.22. The van der Waals surface area contributed by atoms with E-state index in [4.69, 9.17) is 0 Å². The third kappa shape index (κ3) is 5.70. The fraction of sp³-hybridized carbons (Fsp3) is 0.407. The first-order valence-corrected chi connectivity index (χ1v) is 12.2. The number of hydrogen-bond donors (Lipinski definition) is 1. The first kappa shape index (κ1) is 24.4. The van der Waals surface area contributed by atoms with E-state index in [0.29, 0.717) is 6.54 Å². The maximum Gasteiger partial charge on any atom is 0.259 e. The van der Waals surface area contributed by atoms with Crippen LogP contribution in [0, 0.1) is 5.92 Å². The van der Waals surface area contributed by atoms with Crippen molar-refractivity contribution in [3.63, 3.8) is 0 Å². The van der Waals surface area contributed by atoms with Crippen LogP contribution >= 0.6 is 0 Å². The second kappa shape index (κ2) is 10.7. The Labute approximate surface area is 205 Å². The van der Waals surface area contributed by atoms with Gasteiger partial charge in [0.25, 0.3) is 11.8 Å². The summed E-state index contributed by atoms with van der Waals surface area (Å²) in [6, 6.07) is 9.71. The van der Waals surface area contributed by atoms with E-state index in [0.717, 1.165) is 36.9 Å². The molecule has 0 bridgehead atoms. The van der Waals surface area contributed by atoms with Gasteiger partial charge in [0.1, 0.15) is 11.1 Å². The number of nitrogens with one attached hydrogen (secondary N) is 1. The van der Waals surface area contributed by atoms with Crippen molar-refractivity contribution < 1.29 is 9.59 Å². The molecule has 184 valence electrons. The molecular weight excluding hydrogens is 442 g/mol. The monoisotopic (exact) mass is 475 g/mol. The minimum Gasteiger partial charge on any atom is -0.349 e. The van der Waals surface area contributed by atoms with Crippen LogP contribution in [0.15, 0.2) is 59.9 Å². The molecule has 0 unspecified atom stereocenters. The van der Waals surface area contributed by atoms with E-state index in [1.54, 1.807) is 35.2 Å². The third-order valence-electron chi connectivity index (χ3n) is 6.39. The molecule has 1 aromatic carbocycles. The molecule has 1 fully saturated rings. The largest absolute Gasteiger partial charge is 0.349 e. The van der Waals surface area contributed by atoms with Crippen LogP contribution < -0.4 is 10.7 Å². The molecule has 35 heavy (non-hydrogen) atoms. The minimum atomic E-state index is -0.525. The molecule has 0 radical (unpaired) electrons. The van der Waals surface area contributed by atoms with E-state index in [2.05, 4.69) is 10.4 Å². The van der Waals surface area contributed by atoms with E-state index in [9.17, 15) is 14.4 Å². The zero-order chi connectivity index (χ0) is 24.9. The fourth-order valence-corrected chi connectivity index (χ4v) is 4.67. The van der Waals surface area contributed by atoms with Gasteiger partial charge in [0.05, 0.1) is 5.69 Å². The molecule has 0 atom stereocenters. The van der Waals surface area contributed by atoms with Gasteiger partial charge in [-0.3, -0.25) is 14.4 Å². The third-order valence-corrected chi connectivity index (χ3v) is 6.39. The standard InChI is InChI=1S/C27H33N5O3/c1-19(2)16-30(3)27(35)24-18-31(21-9-4-5-10-21)17-23(25(24)33)26(34)28-15-20-8-6-11-22(14-20)32-13-7-12-29-32/h6-8,11-14,17-19,21H,4-5,9-10,15-16H2,1-3H3,(H,28,34). The first-order valence-electron chi connectivity index (χ1n) is 12.2. The number of hydrogen-bond acceptors (Lipinski definition) is 4. The number of carbonyl (C=O) groups excluding carboxylic acids is 2. The van der Waals surface area contributed by atoms with E-state index >= 15 is 0 Å². The van der Waals surface area contributed by atoms with Crippen molar-refractivity contribution in [3.8, 4) is 5.69 Å². The Hall–Kier alpha value is -3.68. The van der Waals surface area contributed by atoms with E-state index < -0.39 is 11.3 Å². The molecule has 1 N–H and O–H groups in total. The topological polar surface area (TPSA) is 89.2 Å². The summed E-state index contributed by atoms with van der Waals surface area (Å²) < 4.78 is 3.65. The summed E-state index contributed by atoms with van der Waals surface area (Å²) in [5.41, 5.74) is 1.29. The smallest absolute Gasteiger partial charge is 0.259 e. The summed E-state index contributed by atoms with van der Waals surface area (Å²) in [7, 11) is 1.70. The van der Waals surface area contributed by atoms with Crippen LogP contribution in [0.3, 0.4) is 0 Å². The van der Waals surface area contributed by atoms with E-state index in [1.165, 1.54) is 0 Å². The average Bonchev–Trinajstić information content (AvgIpc) is 3.57. The molecule has 0 aliphatic heterocycles. The Morgan fingerprint density at radius 3 is 2.57 bits per heavy atom. The Kier molecular flexibility index (Phi) is 7.48. The normalized spacial score (nSPS) is 13.8. The van der Waals surface area contributed by atoms with E-state index in [-0.39, 0.29) is 35.5 Å². The fourth-order valence-electron chi connectivity index (χ4n) is 4.67. The van der Waals surface area contributed by atoms with Crippen molar-refractivity contribution >= 4 is 11.8 Å². The van der Waals surface area contributed by atoms with Crippen LogP contribution in [0.2, 0.25) is 0 Å². The molecule has 2 aromatic heterocycles. The van der Waals surface area contributed by atoms with Gasteiger partial charge in [0, 0.05) is 51.0 Å². The number of carbonyl (C=O) groups is 2. The lowest BCUT2D eigenvalue weighted by atomic mass is 10.1. The summed E-state index contributed by atoms with van der Waals surface area (Å²) >= 11 is 0. The van der Waals surface area contributed by atoms with Crippen LogP contribution in [0.5, 0.6) is 0 Å². The second-order valence-electron chi connectivity index (χ2n) is 9.68. The molecule has 8 heteroatoms. The summed E-state index contributed by atoms with van der Waals surface area (Å²) in [6.07, 6.45) is 11.0. The van der Waals surface area contributed by atoms with Crippen LogP contribution in [0.25, 0.3) is 5.69 Å². The molecule has 3 aromatic rings. The lowest BCUT2D eigenvalue weighted by Crippen LogP contribution is -2.37. The van der Waals surface area contributed by atoms with E-state index in [1.807, 2.05) is 54.9 Å². The number of benzene rings is 1. The van der Waals surface area contributed by atoms with Crippen LogP contribution in [0.4, 0.5) is 0 Å². The highest BCUT2D eigenvalue weighted by Gasteiger charge is 2.25. The second-order valence-corrected chi connectivity index (χ2v) is 9.68. The molecule has 1 saturated carbocycles. The molecule has 4 rings (SSSR count). The molecule has 8 nitrogen and oxygen atoms in total. The molecule has 2 heterocycles. The zero-order valence-corrected chi connectivity index (χ0v) is 20.6. The van der Waals surface area contributed by atoms with Gasteiger partial charge < -0.3 is 14.8 Å². The maximum absolute atomic E-state index is 13.3. The molecular formula is C27H33N5O3. The number of aromatic nitrogens is 3. The SMILES string of the molecule is CC(C)CN(C)C(=O)c1cn(C2CCCC2)cc(C(=O)NCc2cccc(-n3cccn3)c2)c1=O. The summed E-state index contributed by atoms with van der Waals surface area (Å²) in [4.78, 5) is 41.2. The van der Waals surface area contributed by atoms with Gasteiger partial charge in [-0.05, 0) is 42.5 Å². The zero-order valence-electron chi connectivity index (χ0n) is 20.6. The number of pyridine rings is 1. The van der Waals surface area contributed by atoms with Crippen molar-refractivity contribution in [1.82, 2.24) is 24.6 Å². The highest BCUT2D eigenvalue weighted by Crippen LogP contribution is 2.29. The summed E-state index contributed by atoms with van der Waals surface area (Å²) in [5, 5.41) is 7.10. The molecule has 1 aliphatic carbocycles. The van der Waals surface area contributed by atoms with Gasteiger partial charge in [-0.25, -0.2) is 4.68 Å². The Bertz CT molecular complexity index is 1240. The van der Waals surface area contributed by atoms with Crippen molar-refractivity contribution in [2.24, 2.45) is 5.92 Å². The van der Waals surface area contributed by atoms with Gasteiger partial charge in [-0.1, -0.05) is 38.8 Å². The number of amides is 2. The van der Waals surface area contributed by atoms with Gasteiger partial charge in [-0.2, -0.15) is 5.10 Å². The minimum absolute atomic E-state index is 0.00364. The highest BCUT2D eigenvalue weighted by atomic mass is 16.2. The predicted molar refractivity (Wildman–Crippen MR) is 135 cm³/mol. The average molecular weight is 476 g/mol. The Morgan fingerprint density at radius 2 is 1.89 bits per heavy atom. The van der Waals surface area contributed by atoms with Crippen molar-refractivity contribution in [3.05, 3.63) is 82.0 Å². The Balaban J connectivity index is 1.59. The van der Waals surface area contributed by atoms with Crippen LogP contribution in [-0.4, -0.2) is 44.7 Å². The summed E-state index contributed by atoms with van der Waals surface area (Å²) in [6.45, 7) is 4.82. The number of nitrogens with zero attached hydrogens (tertiary/aromatic N) is 4.